The largest absolute Gasteiger partial charge is 0.493 e. The maximum atomic E-state index is 12.4. The van der Waals surface area contributed by atoms with E-state index in [2.05, 4.69) is 5.32 Å². The lowest BCUT2D eigenvalue weighted by Crippen LogP contribution is -2.25. The molecule has 1 aliphatic heterocycles. The molecule has 0 saturated heterocycles. The van der Waals surface area contributed by atoms with Gasteiger partial charge in [0, 0.05) is 24.7 Å². The minimum absolute atomic E-state index is 0.0208. The fraction of sp³-hybridized carbons (Fsp3) is 0.381. The second-order valence-corrected chi connectivity index (χ2v) is 6.24. The third-order valence-corrected chi connectivity index (χ3v) is 4.84. The van der Waals surface area contributed by atoms with Crippen molar-refractivity contribution in [3.63, 3.8) is 0 Å². The minimum atomic E-state index is -0.0859. The summed E-state index contributed by atoms with van der Waals surface area (Å²) in [5, 5.41) is 3.14. The first-order valence-electron chi connectivity index (χ1n) is 8.89. The zero-order valence-corrected chi connectivity index (χ0v) is 15.5. The van der Waals surface area contributed by atoms with E-state index in [1.165, 1.54) is 0 Å². The van der Waals surface area contributed by atoms with Gasteiger partial charge < -0.3 is 19.5 Å². The maximum absolute atomic E-state index is 12.4. The molecule has 0 bridgehead atoms. The van der Waals surface area contributed by atoms with E-state index in [0.29, 0.717) is 24.7 Å². The van der Waals surface area contributed by atoms with Gasteiger partial charge in [-0.3, -0.25) is 4.79 Å². The van der Waals surface area contributed by atoms with E-state index in [1.807, 2.05) is 49.4 Å². The summed E-state index contributed by atoms with van der Waals surface area (Å²) in [6, 6.07) is 13.6. The van der Waals surface area contributed by atoms with Crippen LogP contribution in [-0.4, -0.2) is 33.3 Å². The Morgan fingerprint density at radius 1 is 1.08 bits per heavy atom. The zero-order chi connectivity index (χ0) is 18.5. The molecule has 5 heteroatoms. The lowest BCUT2D eigenvalue weighted by molar-refractivity contribution is 0.0943. The molecule has 1 unspecified atom stereocenters. The first-order valence-corrected chi connectivity index (χ1v) is 8.89. The number of ether oxygens (including phenoxy) is 3. The number of fused-ring (bicyclic) bond motifs is 1. The van der Waals surface area contributed by atoms with Gasteiger partial charge in [0.05, 0.1) is 20.3 Å². The number of carbonyl (C=O) groups is 1. The Bertz CT molecular complexity index is 774. The Labute approximate surface area is 154 Å². The molecule has 138 valence electrons. The van der Waals surface area contributed by atoms with E-state index >= 15 is 0 Å². The summed E-state index contributed by atoms with van der Waals surface area (Å²) in [4.78, 5) is 12.4. The molecule has 5 nitrogen and oxygen atoms in total. The lowest BCUT2D eigenvalue weighted by atomic mass is 9.85. The minimum Gasteiger partial charge on any atom is -0.493 e. The summed E-state index contributed by atoms with van der Waals surface area (Å²) in [6.45, 7) is 3.29. The highest BCUT2D eigenvalue weighted by atomic mass is 16.5. The molecule has 2 aromatic rings. The summed E-state index contributed by atoms with van der Waals surface area (Å²) < 4.78 is 16.4. The Morgan fingerprint density at radius 2 is 1.85 bits per heavy atom. The van der Waals surface area contributed by atoms with Crippen molar-refractivity contribution >= 4 is 5.91 Å². The van der Waals surface area contributed by atoms with Crippen molar-refractivity contribution in [2.75, 3.05) is 27.4 Å². The van der Waals surface area contributed by atoms with Crippen molar-refractivity contribution in [1.29, 1.82) is 0 Å². The van der Waals surface area contributed by atoms with Crippen LogP contribution in [0.3, 0.4) is 0 Å². The van der Waals surface area contributed by atoms with Gasteiger partial charge in [-0.05, 0) is 42.7 Å². The summed E-state index contributed by atoms with van der Waals surface area (Å²) in [7, 11) is 3.25. The Morgan fingerprint density at radius 3 is 2.58 bits per heavy atom. The van der Waals surface area contributed by atoms with Crippen LogP contribution in [0.1, 0.15) is 46.8 Å². The topological polar surface area (TPSA) is 56.8 Å². The van der Waals surface area contributed by atoms with Crippen LogP contribution in [0, 0.1) is 0 Å². The van der Waals surface area contributed by atoms with Crippen molar-refractivity contribution in [2.24, 2.45) is 0 Å². The number of rotatable bonds is 8. The summed E-state index contributed by atoms with van der Waals surface area (Å²) in [6.07, 6.45) is 0.794. The third kappa shape index (κ3) is 3.53. The number of benzene rings is 2. The van der Waals surface area contributed by atoms with E-state index < -0.39 is 0 Å². The fourth-order valence-corrected chi connectivity index (χ4v) is 3.55. The van der Waals surface area contributed by atoms with E-state index in [9.17, 15) is 4.79 Å². The first kappa shape index (κ1) is 18.3. The van der Waals surface area contributed by atoms with Crippen LogP contribution < -0.4 is 14.8 Å². The van der Waals surface area contributed by atoms with Gasteiger partial charge in [-0.25, -0.2) is 0 Å². The highest BCUT2D eigenvalue weighted by Gasteiger charge is 2.34. The molecule has 2 atom stereocenters. The van der Waals surface area contributed by atoms with Crippen LogP contribution in [0.5, 0.6) is 11.5 Å². The standard InChI is InChI=1S/C21H25NO4/c1-4-26-12-11-15(14-9-10-18(24-2)19(13-14)25-3)20-16-7-5-6-8-17(16)21(23)22-20/h5-10,13,15,20H,4,11-12H2,1-3H3,(H,22,23)/t15?,20-/m1/s1. The Balaban J connectivity index is 1.97. The van der Waals surface area contributed by atoms with Crippen LogP contribution in [-0.2, 0) is 4.74 Å². The van der Waals surface area contributed by atoms with Crippen LogP contribution >= 0.6 is 0 Å². The van der Waals surface area contributed by atoms with Crippen LogP contribution in [0.25, 0.3) is 0 Å². The quantitative estimate of drug-likeness (QED) is 0.734. The molecule has 1 heterocycles. The molecular weight excluding hydrogens is 330 g/mol. The molecule has 0 saturated carbocycles. The molecule has 3 rings (SSSR count). The Kier molecular flexibility index (Phi) is 5.78. The molecular formula is C21H25NO4. The third-order valence-electron chi connectivity index (χ3n) is 4.84. The number of hydrogen-bond donors (Lipinski definition) is 1. The molecule has 0 aromatic heterocycles. The van der Waals surface area contributed by atoms with Gasteiger partial charge in [-0.2, -0.15) is 0 Å². The summed E-state index contributed by atoms with van der Waals surface area (Å²) >= 11 is 0. The molecule has 0 radical (unpaired) electrons. The first-order chi connectivity index (χ1) is 12.7. The number of methoxy groups -OCH3 is 2. The molecule has 1 aliphatic rings. The van der Waals surface area contributed by atoms with Gasteiger partial charge in [0.15, 0.2) is 11.5 Å². The molecule has 26 heavy (non-hydrogen) atoms. The number of carbonyl (C=O) groups excluding carboxylic acids is 1. The summed E-state index contributed by atoms with van der Waals surface area (Å²) in [5.74, 6) is 1.43. The molecule has 0 aliphatic carbocycles. The monoisotopic (exact) mass is 355 g/mol. The SMILES string of the molecule is CCOCCC(c1ccc(OC)c(OC)c1)[C@H]1NC(=O)c2ccccc21. The van der Waals surface area contributed by atoms with Crippen molar-refractivity contribution < 1.29 is 19.0 Å². The highest BCUT2D eigenvalue weighted by molar-refractivity contribution is 5.99. The van der Waals surface area contributed by atoms with Gasteiger partial charge in [0.2, 0.25) is 0 Å². The molecule has 0 spiro atoms. The van der Waals surface area contributed by atoms with Gasteiger partial charge in [0.1, 0.15) is 0 Å². The van der Waals surface area contributed by atoms with Crippen LogP contribution in [0.4, 0.5) is 0 Å². The zero-order valence-electron chi connectivity index (χ0n) is 15.5. The number of nitrogens with one attached hydrogen (secondary N) is 1. The van der Waals surface area contributed by atoms with E-state index in [-0.39, 0.29) is 17.9 Å². The molecule has 1 amide bonds. The van der Waals surface area contributed by atoms with Crippen molar-refractivity contribution in [1.82, 2.24) is 5.32 Å². The summed E-state index contributed by atoms with van der Waals surface area (Å²) in [5.41, 5.74) is 2.87. The molecule has 0 fully saturated rings. The second-order valence-electron chi connectivity index (χ2n) is 6.24. The van der Waals surface area contributed by atoms with E-state index in [1.54, 1.807) is 14.2 Å². The smallest absolute Gasteiger partial charge is 0.252 e. The average molecular weight is 355 g/mol. The fourth-order valence-electron chi connectivity index (χ4n) is 3.55. The predicted octanol–water partition coefficient (Wildman–Crippen LogP) is 3.70. The average Bonchev–Trinajstić information content (AvgIpc) is 3.01. The van der Waals surface area contributed by atoms with Crippen molar-refractivity contribution in [3.05, 3.63) is 59.2 Å². The van der Waals surface area contributed by atoms with E-state index in [4.69, 9.17) is 14.2 Å². The van der Waals surface area contributed by atoms with Crippen LogP contribution in [0.2, 0.25) is 0 Å². The number of hydrogen-bond acceptors (Lipinski definition) is 4. The van der Waals surface area contributed by atoms with Gasteiger partial charge in [-0.1, -0.05) is 24.3 Å². The normalized spacial score (nSPS) is 16.7. The van der Waals surface area contributed by atoms with Crippen molar-refractivity contribution in [2.45, 2.75) is 25.3 Å². The maximum Gasteiger partial charge on any atom is 0.252 e. The predicted molar refractivity (Wildman–Crippen MR) is 100 cm³/mol. The lowest BCUT2D eigenvalue weighted by Gasteiger charge is -2.25. The van der Waals surface area contributed by atoms with Gasteiger partial charge >= 0.3 is 0 Å². The van der Waals surface area contributed by atoms with E-state index in [0.717, 1.165) is 23.1 Å². The number of amides is 1. The van der Waals surface area contributed by atoms with Crippen molar-refractivity contribution in [3.8, 4) is 11.5 Å². The molecule has 2 aromatic carbocycles. The van der Waals surface area contributed by atoms with Gasteiger partial charge in [0.25, 0.3) is 5.91 Å². The molecule has 1 N–H and O–H groups in total. The highest BCUT2D eigenvalue weighted by Crippen LogP contribution is 2.41. The van der Waals surface area contributed by atoms with Crippen LogP contribution in [0.15, 0.2) is 42.5 Å². The Hall–Kier alpha value is -2.53. The van der Waals surface area contributed by atoms with Gasteiger partial charge in [-0.15, -0.1) is 0 Å². The second kappa shape index (κ2) is 8.23.